The summed E-state index contributed by atoms with van der Waals surface area (Å²) in [5.74, 6) is 0.933. The molecule has 1 N–H and O–H groups in total. The van der Waals surface area contributed by atoms with Gasteiger partial charge in [-0.05, 0) is 51.3 Å². The Hall–Kier alpha value is -1.96. The minimum absolute atomic E-state index is 0.409. The summed E-state index contributed by atoms with van der Waals surface area (Å²) in [5.41, 5.74) is 3.81. The third-order valence-corrected chi connectivity index (χ3v) is 3.54. The molecule has 21 heavy (non-hydrogen) atoms. The number of hydrogen-bond donors (Lipinski definition) is 1. The molecule has 0 spiro atoms. The van der Waals surface area contributed by atoms with Crippen molar-refractivity contribution in [1.29, 1.82) is 0 Å². The summed E-state index contributed by atoms with van der Waals surface area (Å²) in [6.45, 7) is 7.07. The van der Waals surface area contributed by atoms with Crippen molar-refractivity contribution in [2.75, 3.05) is 11.9 Å². The predicted molar refractivity (Wildman–Crippen MR) is 90.2 cm³/mol. The first-order valence-corrected chi connectivity index (χ1v) is 7.73. The third-order valence-electron chi connectivity index (χ3n) is 3.54. The van der Waals surface area contributed by atoms with Gasteiger partial charge in [0.2, 0.25) is 0 Å². The second kappa shape index (κ2) is 7.72. The van der Waals surface area contributed by atoms with E-state index in [9.17, 15) is 0 Å². The molecular formula is C19H25NO. The molecule has 0 aliphatic carbocycles. The minimum Gasteiger partial charge on any atom is -0.492 e. The Labute approximate surface area is 128 Å². The van der Waals surface area contributed by atoms with Gasteiger partial charge in [0.25, 0.3) is 0 Å². The molecule has 2 heteroatoms. The van der Waals surface area contributed by atoms with Gasteiger partial charge in [-0.3, -0.25) is 0 Å². The summed E-state index contributed by atoms with van der Waals surface area (Å²) in [4.78, 5) is 0. The van der Waals surface area contributed by atoms with Crippen molar-refractivity contribution in [3.05, 3.63) is 59.7 Å². The van der Waals surface area contributed by atoms with Gasteiger partial charge in [-0.2, -0.15) is 0 Å². The molecule has 0 aliphatic heterocycles. The number of nitrogens with one attached hydrogen (secondary N) is 1. The zero-order valence-electron chi connectivity index (χ0n) is 13.2. The summed E-state index contributed by atoms with van der Waals surface area (Å²) in [6, 6.07) is 17.3. The quantitative estimate of drug-likeness (QED) is 0.786. The third kappa shape index (κ3) is 4.82. The molecule has 2 nitrogen and oxygen atoms in total. The smallest absolute Gasteiger partial charge is 0.142 e. The van der Waals surface area contributed by atoms with Crippen LogP contribution in [0.25, 0.3) is 0 Å². The molecule has 0 heterocycles. The highest BCUT2D eigenvalue weighted by Gasteiger charge is 2.07. The van der Waals surface area contributed by atoms with Crippen LogP contribution in [-0.4, -0.2) is 12.6 Å². The zero-order chi connectivity index (χ0) is 15.1. The molecule has 0 saturated heterocycles. The average molecular weight is 283 g/mol. The van der Waals surface area contributed by atoms with E-state index in [1.165, 1.54) is 11.1 Å². The van der Waals surface area contributed by atoms with Gasteiger partial charge in [-0.1, -0.05) is 42.0 Å². The molecule has 0 amide bonds. The molecule has 0 bridgehead atoms. The minimum atomic E-state index is 0.409. The molecule has 1 atom stereocenters. The largest absolute Gasteiger partial charge is 0.492 e. The van der Waals surface area contributed by atoms with Gasteiger partial charge in [-0.15, -0.1) is 0 Å². The normalized spacial score (nSPS) is 12.0. The highest BCUT2D eigenvalue weighted by atomic mass is 16.5. The maximum atomic E-state index is 5.65. The van der Waals surface area contributed by atoms with Gasteiger partial charge < -0.3 is 10.1 Å². The summed E-state index contributed by atoms with van der Waals surface area (Å²) >= 11 is 0. The lowest BCUT2D eigenvalue weighted by atomic mass is 10.0. The number of benzene rings is 2. The van der Waals surface area contributed by atoms with E-state index in [0.29, 0.717) is 12.6 Å². The van der Waals surface area contributed by atoms with Crippen molar-refractivity contribution in [3.8, 4) is 5.75 Å². The van der Waals surface area contributed by atoms with Gasteiger partial charge >= 0.3 is 0 Å². The van der Waals surface area contributed by atoms with Crippen molar-refractivity contribution >= 4 is 5.69 Å². The topological polar surface area (TPSA) is 21.3 Å². The zero-order valence-corrected chi connectivity index (χ0v) is 13.2. The van der Waals surface area contributed by atoms with E-state index in [1.54, 1.807) is 0 Å². The van der Waals surface area contributed by atoms with Crippen molar-refractivity contribution in [1.82, 2.24) is 0 Å². The molecule has 1 unspecified atom stereocenters. The van der Waals surface area contributed by atoms with E-state index < -0.39 is 0 Å². The number of rotatable bonds is 7. The first-order chi connectivity index (χ1) is 10.2. The number of hydrogen-bond acceptors (Lipinski definition) is 2. The van der Waals surface area contributed by atoms with Crippen molar-refractivity contribution in [2.45, 2.75) is 39.7 Å². The molecule has 2 aromatic carbocycles. The molecular weight excluding hydrogens is 258 g/mol. The van der Waals surface area contributed by atoms with E-state index in [-0.39, 0.29) is 0 Å². The molecule has 112 valence electrons. The van der Waals surface area contributed by atoms with Gasteiger partial charge in [-0.25, -0.2) is 0 Å². The maximum absolute atomic E-state index is 5.65. The Bertz CT molecular complexity index is 565. The summed E-state index contributed by atoms with van der Waals surface area (Å²) in [5, 5.41) is 3.56. The lowest BCUT2D eigenvalue weighted by molar-refractivity contribution is 0.341. The predicted octanol–water partition coefficient (Wildman–Crippen LogP) is 4.83. The van der Waals surface area contributed by atoms with Gasteiger partial charge in [0, 0.05) is 6.04 Å². The molecule has 0 saturated carbocycles. The Balaban J connectivity index is 1.91. The highest BCUT2D eigenvalue weighted by Crippen LogP contribution is 2.25. The molecule has 2 rings (SSSR count). The van der Waals surface area contributed by atoms with Gasteiger partial charge in [0.1, 0.15) is 5.75 Å². The van der Waals surface area contributed by atoms with E-state index >= 15 is 0 Å². The summed E-state index contributed by atoms with van der Waals surface area (Å²) in [6.07, 6.45) is 2.19. The SMILES string of the molecule is CCOc1ccccc1NC(C)CCc1cccc(C)c1. The van der Waals surface area contributed by atoms with E-state index in [0.717, 1.165) is 24.3 Å². The van der Waals surface area contributed by atoms with Gasteiger partial charge in [0.15, 0.2) is 0 Å². The first-order valence-electron chi connectivity index (χ1n) is 7.73. The Morgan fingerprint density at radius 2 is 1.90 bits per heavy atom. The molecule has 0 fully saturated rings. The molecule has 2 aromatic rings. The fraction of sp³-hybridized carbons (Fsp3) is 0.368. The van der Waals surface area contributed by atoms with Crippen LogP contribution in [0.3, 0.4) is 0 Å². The van der Waals surface area contributed by atoms with E-state index in [2.05, 4.69) is 49.5 Å². The van der Waals surface area contributed by atoms with Crippen LogP contribution in [-0.2, 0) is 6.42 Å². The number of para-hydroxylation sites is 2. The Morgan fingerprint density at radius 1 is 1.10 bits per heavy atom. The standard InChI is InChI=1S/C19H25NO/c1-4-21-19-11-6-5-10-18(19)20-16(3)12-13-17-9-7-8-15(2)14-17/h5-11,14,16,20H,4,12-13H2,1-3H3. The van der Waals surface area contributed by atoms with Gasteiger partial charge in [0.05, 0.1) is 12.3 Å². The molecule has 0 radical (unpaired) electrons. The van der Waals surface area contributed by atoms with Crippen LogP contribution in [0.15, 0.2) is 48.5 Å². The number of ether oxygens (including phenoxy) is 1. The Kier molecular flexibility index (Phi) is 5.68. The lowest BCUT2D eigenvalue weighted by Gasteiger charge is -2.18. The van der Waals surface area contributed by atoms with Crippen molar-refractivity contribution in [3.63, 3.8) is 0 Å². The van der Waals surface area contributed by atoms with Crippen LogP contribution < -0.4 is 10.1 Å². The second-order valence-electron chi connectivity index (χ2n) is 5.50. The van der Waals surface area contributed by atoms with Crippen LogP contribution in [0, 0.1) is 6.92 Å². The monoisotopic (exact) mass is 283 g/mol. The van der Waals surface area contributed by atoms with Crippen LogP contribution in [0.4, 0.5) is 5.69 Å². The van der Waals surface area contributed by atoms with E-state index in [1.807, 2.05) is 25.1 Å². The second-order valence-corrected chi connectivity index (χ2v) is 5.50. The molecule has 0 aliphatic rings. The maximum Gasteiger partial charge on any atom is 0.142 e. The summed E-state index contributed by atoms with van der Waals surface area (Å²) < 4.78 is 5.65. The lowest BCUT2D eigenvalue weighted by Crippen LogP contribution is -2.16. The van der Waals surface area contributed by atoms with E-state index in [4.69, 9.17) is 4.74 Å². The number of anilines is 1. The fourth-order valence-electron chi connectivity index (χ4n) is 2.46. The van der Waals surface area contributed by atoms with Crippen LogP contribution in [0.1, 0.15) is 31.4 Å². The highest BCUT2D eigenvalue weighted by molar-refractivity contribution is 5.56. The Morgan fingerprint density at radius 3 is 2.67 bits per heavy atom. The van der Waals surface area contributed by atoms with Crippen molar-refractivity contribution in [2.24, 2.45) is 0 Å². The first kappa shape index (κ1) is 15.4. The number of aryl methyl sites for hydroxylation is 2. The van der Waals surface area contributed by atoms with Crippen LogP contribution in [0.5, 0.6) is 5.75 Å². The van der Waals surface area contributed by atoms with Crippen LogP contribution >= 0.6 is 0 Å². The average Bonchev–Trinajstić information content (AvgIpc) is 2.48. The molecule has 0 aromatic heterocycles. The van der Waals surface area contributed by atoms with Crippen LogP contribution in [0.2, 0.25) is 0 Å². The summed E-state index contributed by atoms with van der Waals surface area (Å²) in [7, 11) is 0. The fourth-order valence-corrected chi connectivity index (χ4v) is 2.46. The van der Waals surface area contributed by atoms with Crippen molar-refractivity contribution < 1.29 is 4.74 Å².